The standard InChI is InChI=1S/C24H26F4N4O2S/c1-14-5-6-16(18(25)11-14)17-12-35-20-19(17)29-13-30-21(20)31(4)15-7-9-32(10-8-15)22(33)34-23(2,3)24(26,27)28/h5-6,11-13,15H,7-10H2,1-4H3/p+1. The van der Waals surface area contributed by atoms with Crippen LogP contribution in [0.15, 0.2) is 29.9 Å². The average molecular weight is 512 g/mol. The van der Waals surface area contributed by atoms with Gasteiger partial charge >= 0.3 is 12.3 Å². The third-order valence-electron chi connectivity index (χ3n) is 6.53. The molecule has 0 radical (unpaired) electrons. The number of nitrogens with one attached hydrogen (secondary N) is 1. The second-order valence-corrected chi connectivity index (χ2v) is 10.2. The van der Waals surface area contributed by atoms with Crippen LogP contribution in [-0.2, 0) is 4.74 Å². The largest absolute Gasteiger partial charge is 0.434 e. The number of thiophene rings is 1. The van der Waals surface area contributed by atoms with Crippen LogP contribution in [0.1, 0.15) is 32.3 Å². The summed E-state index contributed by atoms with van der Waals surface area (Å²) in [6.07, 6.45) is -3.00. The van der Waals surface area contributed by atoms with Crippen molar-refractivity contribution >= 4 is 33.5 Å². The summed E-state index contributed by atoms with van der Waals surface area (Å²) in [7, 11) is 1.97. The van der Waals surface area contributed by atoms with Crippen molar-refractivity contribution in [1.82, 2.24) is 14.9 Å². The number of likely N-dealkylation sites (tertiary alicyclic amines) is 1. The van der Waals surface area contributed by atoms with Gasteiger partial charge < -0.3 is 9.64 Å². The molecule has 1 saturated heterocycles. The Hall–Kier alpha value is -2.79. The van der Waals surface area contributed by atoms with Crippen molar-refractivity contribution in [1.29, 1.82) is 0 Å². The molecule has 0 spiro atoms. The van der Waals surface area contributed by atoms with Gasteiger partial charge in [0.1, 0.15) is 16.8 Å². The molecule has 3 aromatic rings. The minimum atomic E-state index is -4.65. The molecule has 1 aromatic carbocycles. The maximum Gasteiger partial charge on any atom is 0.427 e. The first-order valence-electron chi connectivity index (χ1n) is 11.3. The number of nitrogens with zero attached hydrogens (tertiary/aromatic N) is 3. The van der Waals surface area contributed by atoms with E-state index in [1.54, 1.807) is 6.07 Å². The average Bonchev–Trinajstić information content (AvgIpc) is 3.22. The van der Waals surface area contributed by atoms with Crippen molar-refractivity contribution in [2.75, 3.05) is 20.1 Å². The lowest BCUT2D eigenvalue weighted by molar-refractivity contribution is -0.842. The maximum atomic E-state index is 14.6. The summed E-state index contributed by atoms with van der Waals surface area (Å²) in [5, 5.41) is 1.88. The molecule has 1 N–H and O–H groups in total. The van der Waals surface area contributed by atoms with E-state index in [2.05, 4.69) is 9.97 Å². The third kappa shape index (κ3) is 4.97. The number of amides is 1. The Labute approximate surface area is 204 Å². The minimum absolute atomic E-state index is 0.0921. The molecule has 1 atom stereocenters. The van der Waals surface area contributed by atoms with Crippen molar-refractivity contribution in [3.63, 3.8) is 0 Å². The van der Waals surface area contributed by atoms with Crippen LogP contribution in [0.3, 0.4) is 0 Å². The van der Waals surface area contributed by atoms with E-state index in [1.807, 2.05) is 25.4 Å². The number of ether oxygens (including phenoxy) is 1. The van der Waals surface area contributed by atoms with Crippen LogP contribution < -0.4 is 4.90 Å². The molecule has 1 fully saturated rings. The fraction of sp³-hybridized carbons (Fsp3) is 0.458. The van der Waals surface area contributed by atoms with Crippen LogP contribution in [0, 0.1) is 12.7 Å². The van der Waals surface area contributed by atoms with Gasteiger partial charge in [-0.2, -0.15) is 18.2 Å². The zero-order chi connectivity index (χ0) is 25.5. The number of aryl methyl sites for hydroxylation is 1. The number of carbonyl (C=O) groups is 1. The normalized spacial score (nSPS) is 16.5. The quantitative estimate of drug-likeness (QED) is 0.507. The fourth-order valence-corrected chi connectivity index (χ4v) is 5.26. The van der Waals surface area contributed by atoms with Crippen molar-refractivity contribution in [3.8, 4) is 11.1 Å². The molecule has 35 heavy (non-hydrogen) atoms. The number of carbonyl (C=O) groups excluding carboxylic acids is 1. The summed E-state index contributed by atoms with van der Waals surface area (Å²) < 4.78 is 59.4. The molecule has 188 valence electrons. The van der Waals surface area contributed by atoms with Crippen LogP contribution in [0.25, 0.3) is 21.3 Å². The van der Waals surface area contributed by atoms with Crippen molar-refractivity contribution < 1.29 is 32.0 Å². The highest BCUT2D eigenvalue weighted by Crippen LogP contribution is 2.36. The minimum Gasteiger partial charge on any atom is -0.434 e. The number of hydrogen-bond donors (Lipinski definition) is 1. The van der Waals surface area contributed by atoms with Crippen molar-refractivity contribution in [3.05, 3.63) is 41.3 Å². The Morgan fingerprint density at radius 2 is 1.86 bits per heavy atom. The van der Waals surface area contributed by atoms with Crippen LogP contribution in [0.5, 0.6) is 0 Å². The summed E-state index contributed by atoms with van der Waals surface area (Å²) in [5.41, 5.74) is 0.157. The molecule has 0 bridgehead atoms. The molecule has 6 nitrogen and oxygen atoms in total. The first-order valence-corrected chi connectivity index (χ1v) is 12.1. The van der Waals surface area contributed by atoms with E-state index in [0.717, 1.165) is 34.8 Å². The molecule has 11 heteroatoms. The predicted molar refractivity (Wildman–Crippen MR) is 125 cm³/mol. The summed E-state index contributed by atoms with van der Waals surface area (Å²) in [5.74, 6) is 0.469. The van der Waals surface area contributed by atoms with Crippen LogP contribution in [-0.4, -0.2) is 58.9 Å². The van der Waals surface area contributed by atoms with Crippen LogP contribution >= 0.6 is 11.3 Å². The number of aromatic nitrogens is 2. The zero-order valence-electron chi connectivity index (χ0n) is 19.9. The van der Waals surface area contributed by atoms with Gasteiger partial charge in [0, 0.05) is 42.4 Å². The lowest BCUT2D eigenvalue weighted by Crippen LogP contribution is -3.09. The van der Waals surface area contributed by atoms with Gasteiger partial charge in [0.05, 0.1) is 18.6 Å². The smallest absolute Gasteiger partial charge is 0.427 e. The molecule has 3 heterocycles. The first-order chi connectivity index (χ1) is 16.4. The molecule has 4 rings (SSSR count). The van der Waals surface area contributed by atoms with Gasteiger partial charge in [-0.15, -0.1) is 11.3 Å². The zero-order valence-corrected chi connectivity index (χ0v) is 20.7. The van der Waals surface area contributed by atoms with E-state index in [1.165, 1.54) is 28.6 Å². The second kappa shape index (κ2) is 9.34. The molecule has 2 aromatic heterocycles. The highest BCUT2D eigenvalue weighted by molar-refractivity contribution is 7.18. The lowest BCUT2D eigenvalue weighted by atomic mass is 10.0. The van der Waals surface area contributed by atoms with E-state index in [4.69, 9.17) is 4.74 Å². The van der Waals surface area contributed by atoms with E-state index < -0.39 is 17.9 Å². The lowest BCUT2D eigenvalue weighted by Gasteiger charge is -2.36. The number of benzene rings is 1. The molecule has 0 aliphatic carbocycles. The molecule has 1 aliphatic rings. The number of quaternary nitrogens is 1. The Kier molecular flexibility index (Phi) is 6.76. The summed E-state index contributed by atoms with van der Waals surface area (Å²) in [4.78, 5) is 23.6. The summed E-state index contributed by atoms with van der Waals surface area (Å²) >= 11 is 1.45. The van der Waals surface area contributed by atoms with Gasteiger partial charge in [-0.1, -0.05) is 12.1 Å². The number of fused-ring (bicyclic) bond motifs is 1. The first kappa shape index (κ1) is 25.3. The Morgan fingerprint density at radius 1 is 1.17 bits per heavy atom. The summed E-state index contributed by atoms with van der Waals surface area (Å²) in [6, 6.07) is 5.19. The Bertz CT molecular complexity index is 1240. The van der Waals surface area contributed by atoms with Gasteiger partial charge in [-0.05, 0) is 32.4 Å². The Balaban J connectivity index is 1.49. The monoisotopic (exact) mass is 511 g/mol. The topological polar surface area (TPSA) is 59.8 Å². The van der Waals surface area contributed by atoms with E-state index in [0.29, 0.717) is 29.5 Å². The second-order valence-electron chi connectivity index (χ2n) is 9.35. The Morgan fingerprint density at radius 3 is 2.49 bits per heavy atom. The van der Waals surface area contributed by atoms with E-state index in [9.17, 15) is 22.4 Å². The molecular formula is C24H27F4N4O2S+. The van der Waals surface area contributed by atoms with E-state index >= 15 is 0 Å². The number of alkyl halides is 3. The van der Waals surface area contributed by atoms with Crippen LogP contribution in [0.4, 0.5) is 28.2 Å². The molecule has 0 saturated carbocycles. The molecule has 1 amide bonds. The molecule has 1 aliphatic heterocycles. The molecular weight excluding hydrogens is 484 g/mol. The highest BCUT2D eigenvalue weighted by atomic mass is 32.1. The maximum absolute atomic E-state index is 14.6. The number of halogens is 4. The van der Waals surface area contributed by atoms with Gasteiger partial charge in [0.15, 0.2) is 0 Å². The van der Waals surface area contributed by atoms with Gasteiger partial charge in [0.2, 0.25) is 11.4 Å². The highest BCUT2D eigenvalue weighted by Gasteiger charge is 2.51. The molecule has 1 unspecified atom stereocenters. The number of hydrogen-bond acceptors (Lipinski definition) is 5. The van der Waals surface area contributed by atoms with Gasteiger partial charge in [-0.25, -0.2) is 14.2 Å². The summed E-state index contributed by atoms with van der Waals surface area (Å²) in [6.45, 7) is 4.08. The number of rotatable bonds is 4. The van der Waals surface area contributed by atoms with Crippen molar-refractivity contribution in [2.45, 2.75) is 51.4 Å². The SMILES string of the molecule is Cc1ccc(-c2csc3c([NH+](C)C4CCN(C(=O)OC(C)(C)C(F)(F)F)CC4)ncnc23)c(F)c1. The van der Waals surface area contributed by atoms with Crippen molar-refractivity contribution in [2.24, 2.45) is 0 Å². The van der Waals surface area contributed by atoms with Gasteiger partial charge in [0.25, 0.3) is 0 Å². The van der Waals surface area contributed by atoms with E-state index in [-0.39, 0.29) is 24.9 Å². The number of piperidine rings is 1. The fourth-order valence-electron chi connectivity index (χ4n) is 4.19. The van der Waals surface area contributed by atoms with Crippen LogP contribution in [0.2, 0.25) is 0 Å². The van der Waals surface area contributed by atoms with Gasteiger partial charge in [-0.3, -0.25) is 4.90 Å². The third-order valence-corrected chi connectivity index (χ3v) is 7.51. The predicted octanol–water partition coefficient (Wildman–Crippen LogP) is 4.89.